The summed E-state index contributed by atoms with van der Waals surface area (Å²) in [7, 11) is 0. The average molecular weight is 368 g/mol. The average Bonchev–Trinajstić information content (AvgIpc) is 3.10. The molecule has 0 saturated carbocycles. The second-order valence-corrected chi connectivity index (χ2v) is 6.77. The molecule has 134 valence electrons. The molecular formula is C21H20ClN2O2-. The van der Waals surface area contributed by atoms with Gasteiger partial charge in [0, 0.05) is 22.8 Å². The van der Waals surface area contributed by atoms with Gasteiger partial charge in [0.1, 0.15) is 13.2 Å². The molecule has 1 aliphatic heterocycles. The summed E-state index contributed by atoms with van der Waals surface area (Å²) >= 11 is 0. The monoisotopic (exact) mass is 367 g/mol. The summed E-state index contributed by atoms with van der Waals surface area (Å²) in [6.07, 6.45) is 3.32. The first-order chi connectivity index (χ1) is 12.3. The number of rotatable bonds is 2. The number of ether oxygens (including phenoxy) is 2. The van der Waals surface area contributed by atoms with Gasteiger partial charge < -0.3 is 27.2 Å². The molecule has 3 aromatic rings. The molecule has 0 amide bonds. The summed E-state index contributed by atoms with van der Waals surface area (Å²) in [6.45, 7) is 3.34. The van der Waals surface area contributed by atoms with Crippen LogP contribution in [0.25, 0.3) is 10.9 Å². The minimum absolute atomic E-state index is 0. The smallest absolute Gasteiger partial charge is 0.163 e. The Bertz CT molecular complexity index is 987. The Morgan fingerprint density at radius 1 is 0.962 bits per heavy atom. The van der Waals surface area contributed by atoms with E-state index in [1.165, 1.54) is 34.3 Å². The van der Waals surface area contributed by atoms with Gasteiger partial charge in [0.2, 0.25) is 0 Å². The number of benzene rings is 2. The third kappa shape index (κ3) is 2.84. The van der Waals surface area contributed by atoms with Crippen LogP contribution in [0.3, 0.4) is 0 Å². The number of hydrogen-bond donors (Lipinski definition) is 1. The van der Waals surface area contributed by atoms with Crippen LogP contribution in [-0.4, -0.2) is 18.2 Å². The van der Waals surface area contributed by atoms with Crippen LogP contribution in [0.4, 0.5) is 11.4 Å². The summed E-state index contributed by atoms with van der Waals surface area (Å²) in [5, 5.41) is 4.84. The van der Waals surface area contributed by atoms with Crippen LogP contribution in [0, 0.1) is 6.92 Å². The van der Waals surface area contributed by atoms with Gasteiger partial charge in [0.15, 0.2) is 11.5 Å². The quantitative estimate of drug-likeness (QED) is 0.746. The normalized spacial score (nSPS) is 14.7. The lowest BCUT2D eigenvalue weighted by molar-refractivity contribution is -0.00000564. The van der Waals surface area contributed by atoms with E-state index in [9.17, 15) is 0 Å². The fourth-order valence-electron chi connectivity index (χ4n) is 3.78. The van der Waals surface area contributed by atoms with Crippen molar-refractivity contribution in [2.75, 3.05) is 18.5 Å². The van der Waals surface area contributed by atoms with Crippen LogP contribution < -0.4 is 27.2 Å². The van der Waals surface area contributed by atoms with Crippen molar-refractivity contribution in [3.05, 3.63) is 53.2 Å². The number of nitrogens with zero attached hydrogens (tertiary/aromatic N) is 1. The second-order valence-electron chi connectivity index (χ2n) is 6.77. The van der Waals surface area contributed by atoms with Gasteiger partial charge in [-0.05, 0) is 56.0 Å². The molecule has 26 heavy (non-hydrogen) atoms. The molecule has 4 nitrogen and oxygen atoms in total. The molecule has 0 radical (unpaired) electrons. The van der Waals surface area contributed by atoms with Gasteiger partial charge in [-0.25, -0.2) is 0 Å². The highest BCUT2D eigenvalue weighted by atomic mass is 35.5. The van der Waals surface area contributed by atoms with E-state index in [2.05, 4.69) is 36.5 Å². The van der Waals surface area contributed by atoms with E-state index in [1.807, 2.05) is 12.1 Å². The highest BCUT2D eigenvalue weighted by Crippen LogP contribution is 2.38. The lowest BCUT2D eigenvalue weighted by Gasteiger charge is -2.20. The summed E-state index contributed by atoms with van der Waals surface area (Å²) in [4.78, 5) is 4.88. The van der Waals surface area contributed by atoms with Gasteiger partial charge in [-0.2, -0.15) is 0 Å². The largest absolute Gasteiger partial charge is 1.00 e. The molecule has 0 bridgehead atoms. The van der Waals surface area contributed by atoms with Crippen LogP contribution >= 0.6 is 0 Å². The lowest BCUT2D eigenvalue weighted by atomic mass is 10.0. The Morgan fingerprint density at radius 3 is 2.69 bits per heavy atom. The van der Waals surface area contributed by atoms with Gasteiger partial charge in [-0.1, -0.05) is 11.6 Å². The van der Waals surface area contributed by atoms with Crippen LogP contribution in [0.5, 0.6) is 11.5 Å². The van der Waals surface area contributed by atoms with Crippen molar-refractivity contribution < 1.29 is 21.9 Å². The lowest BCUT2D eigenvalue weighted by Crippen LogP contribution is -3.00. The Morgan fingerprint density at radius 2 is 1.81 bits per heavy atom. The minimum atomic E-state index is 0. The molecule has 2 heterocycles. The van der Waals surface area contributed by atoms with Crippen LogP contribution in [0.2, 0.25) is 0 Å². The Balaban J connectivity index is 0.00000168. The molecule has 0 saturated heterocycles. The highest BCUT2D eigenvalue weighted by molar-refractivity contribution is 5.96. The molecule has 0 atom stereocenters. The predicted octanol–water partition coefficient (Wildman–Crippen LogP) is 1.55. The zero-order valence-electron chi connectivity index (χ0n) is 14.6. The Labute approximate surface area is 158 Å². The van der Waals surface area contributed by atoms with E-state index >= 15 is 0 Å². The molecule has 5 rings (SSSR count). The maximum absolute atomic E-state index is 5.72. The van der Waals surface area contributed by atoms with E-state index in [0.29, 0.717) is 13.2 Å². The first-order valence-electron chi connectivity index (χ1n) is 8.87. The molecule has 5 heteroatoms. The van der Waals surface area contributed by atoms with Gasteiger partial charge >= 0.3 is 0 Å². The summed E-state index contributed by atoms with van der Waals surface area (Å²) in [5.74, 6) is 1.62. The molecule has 1 aliphatic carbocycles. The van der Waals surface area contributed by atoms with E-state index < -0.39 is 0 Å². The third-order valence-electron chi connectivity index (χ3n) is 4.98. The number of anilines is 2. The zero-order chi connectivity index (χ0) is 16.8. The van der Waals surface area contributed by atoms with Crippen molar-refractivity contribution in [2.24, 2.45) is 0 Å². The number of aryl methyl sites for hydroxylation is 2. The molecule has 2 aliphatic rings. The Hall–Kier alpha value is -2.46. The molecule has 2 aromatic carbocycles. The fraction of sp³-hybridized carbons (Fsp3) is 0.286. The molecule has 1 N–H and O–H groups in total. The third-order valence-corrected chi connectivity index (χ3v) is 4.98. The number of nitrogens with one attached hydrogen (secondary N) is 1. The molecule has 0 fully saturated rings. The topological polar surface area (TPSA) is 43.4 Å². The summed E-state index contributed by atoms with van der Waals surface area (Å²) in [5.41, 5.74) is 7.11. The van der Waals surface area contributed by atoms with Crippen molar-refractivity contribution in [1.29, 1.82) is 0 Å². The van der Waals surface area contributed by atoms with Gasteiger partial charge in [0.25, 0.3) is 0 Å². The minimum Gasteiger partial charge on any atom is -1.00 e. The number of pyridine rings is 1. The first kappa shape index (κ1) is 17.0. The van der Waals surface area contributed by atoms with Crippen molar-refractivity contribution in [3.8, 4) is 11.5 Å². The number of fused-ring (bicyclic) bond motifs is 3. The summed E-state index contributed by atoms with van der Waals surface area (Å²) < 4.78 is 11.3. The fourth-order valence-corrected chi connectivity index (χ4v) is 3.78. The molecule has 1 aromatic heterocycles. The molecule has 0 unspecified atom stereocenters. The Kier molecular flexibility index (Phi) is 4.37. The van der Waals surface area contributed by atoms with Crippen molar-refractivity contribution >= 4 is 22.3 Å². The van der Waals surface area contributed by atoms with Gasteiger partial charge in [-0.15, -0.1) is 0 Å². The maximum Gasteiger partial charge on any atom is 0.163 e. The standard InChI is InChI=1S/C21H20N2O2.ClH/c1-13-5-7-18-16(11-13)21(15-3-2-4-17(15)23-18)22-14-6-8-19-20(12-14)25-10-9-24-19;/h5-8,11-12H,2-4,9-10H2,1H3,(H,22,23);1H/p-1. The molecular weight excluding hydrogens is 348 g/mol. The van der Waals surface area contributed by atoms with E-state index in [-0.39, 0.29) is 12.4 Å². The van der Waals surface area contributed by atoms with Crippen molar-refractivity contribution in [3.63, 3.8) is 0 Å². The SMILES string of the molecule is Cc1ccc2nc3c(c(Nc4ccc5c(c4)OCCO5)c2c1)CCC3.[Cl-]. The maximum atomic E-state index is 5.72. The van der Waals surface area contributed by atoms with Crippen LogP contribution in [-0.2, 0) is 12.8 Å². The van der Waals surface area contributed by atoms with Crippen molar-refractivity contribution in [1.82, 2.24) is 4.98 Å². The number of hydrogen-bond acceptors (Lipinski definition) is 4. The van der Waals surface area contributed by atoms with Crippen LogP contribution in [0.1, 0.15) is 23.2 Å². The highest BCUT2D eigenvalue weighted by Gasteiger charge is 2.20. The number of aromatic nitrogens is 1. The zero-order valence-corrected chi connectivity index (χ0v) is 15.4. The van der Waals surface area contributed by atoms with Crippen LogP contribution in [0.15, 0.2) is 36.4 Å². The van der Waals surface area contributed by atoms with Gasteiger partial charge in [0.05, 0.1) is 11.2 Å². The van der Waals surface area contributed by atoms with Gasteiger partial charge in [-0.3, -0.25) is 4.98 Å². The van der Waals surface area contributed by atoms with E-state index in [0.717, 1.165) is 35.5 Å². The van der Waals surface area contributed by atoms with E-state index in [4.69, 9.17) is 14.5 Å². The van der Waals surface area contributed by atoms with E-state index in [1.54, 1.807) is 0 Å². The van der Waals surface area contributed by atoms with Crippen molar-refractivity contribution in [2.45, 2.75) is 26.2 Å². The first-order valence-corrected chi connectivity index (χ1v) is 8.87. The summed E-state index contributed by atoms with van der Waals surface area (Å²) in [6, 6.07) is 12.5. The molecule has 0 spiro atoms. The number of halogens is 1. The predicted molar refractivity (Wildman–Crippen MR) is 99.2 cm³/mol. The second kappa shape index (κ2) is 6.69.